The van der Waals surface area contributed by atoms with E-state index in [0.717, 1.165) is 11.0 Å². The third-order valence-corrected chi connectivity index (χ3v) is 7.56. The minimum Gasteiger partial charge on any atom is -0.444 e. The van der Waals surface area contributed by atoms with Crippen molar-refractivity contribution in [3.05, 3.63) is 48.0 Å². The first-order valence-corrected chi connectivity index (χ1v) is 13.0. The molecule has 1 aromatic carbocycles. The number of ether oxygens (including phenoxy) is 2. The number of likely N-dealkylation sites (tertiary alicyclic amines) is 1. The molecule has 1 aliphatic carbocycles. The van der Waals surface area contributed by atoms with Crippen molar-refractivity contribution >= 4 is 23.8 Å². The summed E-state index contributed by atoms with van der Waals surface area (Å²) in [5.41, 5.74) is 0.0131. The summed E-state index contributed by atoms with van der Waals surface area (Å²) >= 11 is 0. The molecule has 2 aromatic rings. The number of carbonyl (C=O) groups is 3. The lowest BCUT2D eigenvalue weighted by Gasteiger charge is -2.27. The minimum atomic E-state index is -3.18. The highest BCUT2D eigenvalue weighted by molar-refractivity contribution is 5.90. The van der Waals surface area contributed by atoms with Gasteiger partial charge in [0.1, 0.15) is 22.9 Å². The number of hydrogen-bond acceptors (Lipinski definition) is 7. The maximum atomic E-state index is 15.1. The Morgan fingerprint density at radius 1 is 1.22 bits per heavy atom. The number of pyridine rings is 1. The first-order valence-electron chi connectivity index (χ1n) is 13.0. The lowest BCUT2D eigenvalue weighted by molar-refractivity contribution is -0.132. The number of alkyl halides is 2. The second-order valence-electron chi connectivity index (χ2n) is 11.3. The van der Waals surface area contributed by atoms with E-state index in [9.17, 15) is 28.4 Å². The Bertz CT molecular complexity index is 1410. The Morgan fingerprint density at radius 2 is 1.93 bits per heavy atom. The van der Waals surface area contributed by atoms with Crippen LogP contribution in [0.1, 0.15) is 26.5 Å². The molecule has 2 unspecified atom stereocenters. The van der Waals surface area contributed by atoms with Crippen LogP contribution in [0.2, 0.25) is 0 Å². The molecule has 3 heterocycles. The van der Waals surface area contributed by atoms with Gasteiger partial charge in [-0.1, -0.05) is 6.07 Å². The summed E-state index contributed by atoms with van der Waals surface area (Å²) in [5, 5.41) is 12.0. The normalized spacial score (nSPS) is 25.0. The van der Waals surface area contributed by atoms with Crippen LogP contribution >= 0.6 is 0 Å². The van der Waals surface area contributed by atoms with Crippen LogP contribution in [-0.4, -0.2) is 72.3 Å². The fourth-order valence-corrected chi connectivity index (χ4v) is 5.54. The van der Waals surface area contributed by atoms with Gasteiger partial charge in [0.05, 0.1) is 30.5 Å². The van der Waals surface area contributed by atoms with Gasteiger partial charge >= 0.3 is 18.6 Å². The molecule has 0 bridgehead atoms. The molecule has 2 aliphatic heterocycles. The Morgan fingerprint density at radius 3 is 2.49 bits per heavy atom. The Labute approximate surface area is 234 Å². The van der Waals surface area contributed by atoms with Crippen LogP contribution in [0.3, 0.4) is 0 Å². The van der Waals surface area contributed by atoms with E-state index in [0.29, 0.717) is 24.3 Å². The van der Waals surface area contributed by atoms with Crippen molar-refractivity contribution in [1.29, 1.82) is 5.26 Å². The summed E-state index contributed by atoms with van der Waals surface area (Å²) in [7, 11) is 0. The lowest BCUT2D eigenvalue weighted by atomic mass is 9.95. The van der Waals surface area contributed by atoms with E-state index in [1.807, 2.05) is 5.32 Å². The van der Waals surface area contributed by atoms with Crippen molar-refractivity contribution in [2.24, 2.45) is 11.8 Å². The topological polar surface area (TPSA) is 125 Å². The third-order valence-electron chi connectivity index (χ3n) is 7.56. The van der Waals surface area contributed by atoms with Crippen molar-refractivity contribution in [3.63, 3.8) is 0 Å². The van der Waals surface area contributed by atoms with E-state index in [1.54, 1.807) is 37.8 Å². The first kappa shape index (κ1) is 28.2. The van der Waals surface area contributed by atoms with Crippen molar-refractivity contribution in [2.45, 2.75) is 44.3 Å². The van der Waals surface area contributed by atoms with Gasteiger partial charge in [0.25, 0.3) is 5.91 Å². The fourth-order valence-electron chi connectivity index (χ4n) is 5.54. The first-order chi connectivity index (χ1) is 19.3. The van der Waals surface area contributed by atoms with E-state index in [2.05, 4.69) is 11.1 Å². The molecule has 3 amide bonds. The smallest absolute Gasteiger partial charge is 0.414 e. The fraction of sp³-hybridized carbons (Fsp3) is 0.464. The number of nitrogens with one attached hydrogen (secondary N) is 1. The minimum absolute atomic E-state index is 0.0542. The number of benzene rings is 1. The zero-order chi connectivity index (χ0) is 29.7. The number of amides is 3. The number of rotatable bonds is 6. The van der Waals surface area contributed by atoms with Crippen LogP contribution in [0, 0.1) is 29.0 Å². The van der Waals surface area contributed by atoms with Crippen molar-refractivity contribution in [3.8, 4) is 17.2 Å². The zero-order valence-electron chi connectivity index (χ0n) is 22.6. The van der Waals surface area contributed by atoms with Gasteiger partial charge in [0, 0.05) is 42.2 Å². The molecule has 13 heteroatoms. The molecule has 41 heavy (non-hydrogen) atoms. The van der Waals surface area contributed by atoms with Gasteiger partial charge in [0.15, 0.2) is 0 Å². The summed E-state index contributed by atoms with van der Waals surface area (Å²) in [6.45, 7) is 5.82. The van der Waals surface area contributed by atoms with Crippen LogP contribution in [-0.2, 0) is 19.7 Å². The largest absolute Gasteiger partial charge is 0.444 e. The quantitative estimate of drug-likeness (QED) is 0.559. The second-order valence-corrected chi connectivity index (χ2v) is 11.3. The predicted octanol–water partition coefficient (Wildman–Crippen LogP) is 3.85. The second kappa shape index (κ2) is 10.2. The Hall–Kier alpha value is -4.34. The monoisotopic (exact) mass is 571 g/mol. The standard InChI is InChI=1S/C28H28F3N5O5/c1-27(2,3)41-25(38)35-12-19-20(13-35)28(19,14-32)22-7-4-15(9-33-22)18-6-5-16(8-21(18)29)36-11-17(40-26(36)39)10-34-24(37)23(30)31/h4-9,17,19-20,23H,10-13H2,1-3H3,(H,34,37)/t17-,19?,20?,28?/m0/s1. The number of nitrogens with zero attached hydrogens (tertiary/aromatic N) is 4. The third kappa shape index (κ3) is 5.26. The molecule has 3 atom stereocenters. The molecular weight excluding hydrogens is 543 g/mol. The molecule has 10 nitrogen and oxygen atoms in total. The number of fused-ring (bicyclic) bond motifs is 1. The number of halogens is 3. The number of nitriles is 1. The molecule has 1 aromatic heterocycles. The molecule has 0 radical (unpaired) electrons. The highest BCUT2D eigenvalue weighted by Crippen LogP contribution is 2.62. The number of piperidine rings is 1. The molecule has 216 valence electrons. The lowest BCUT2D eigenvalue weighted by Crippen LogP contribution is -2.39. The van der Waals surface area contributed by atoms with Gasteiger partial charge in [-0.05, 0) is 45.0 Å². The van der Waals surface area contributed by atoms with Crippen molar-refractivity contribution in [1.82, 2.24) is 15.2 Å². The Kier molecular flexibility index (Phi) is 7.05. The maximum Gasteiger partial charge on any atom is 0.414 e. The van der Waals surface area contributed by atoms with Gasteiger partial charge in [-0.3, -0.25) is 14.7 Å². The molecule has 3 fully saturated rings. The molecular formula is C28H28F3N5O5. The number of hydrogen-bond donors (Lipinski definition) is 1. The highest BCUT2D eigenvalue weighted by Gasteiger charge is 2.71. The Balaban J connectivity index is 1.24. The SMILES string of the molecule is CC(C)(C)OC(=O)N1CC2C(C1)C2(C#N)c1ccc(-c2ccc(N3C[C@H](CNC(=O)C(F)F)OC3=O)cc2F)cn1. The number of carbonyl (C=O) groups excluding carboxylic acids is 3. The predicted molar refractivity (Wildman–Crippen MR) is 138 cm³/mol. The average Bonchev–Trinajstić information content (AvgIpc) is 3.19. The summed E-state index contributed by atoms with van der Waals surface area (Å²) in [4.78, 5) is 43.0. The average molecular weight is 572 g/mol. The number of cyclic esters (lactones) is 1. The van der Waals surface area contributed by atoms with Gasteiger partial charge in [-0.25, -0.2) is 14.0 Å². The zero-order valence-corrected chi connectivity index (χ0v) is 22.6. The molecule has 1 N–H and O–H groups in total. The summed E-state index contributed by atoms with van der Waals surface area (Å²) < 4.78 is 50.4. The molecule has 5 rings (SSSR count). The van der Waals surface area contributed by atoms with E-state index >= 15 is 4.39 Å². The van der Waals surface area contributed by atoms with Crippen LogP contribution < -0.4 is 10.2 Å². The van der Waals surface area contributed by atoms with E-state index < -0.39 is 47.5 Å². The van der Waals surface area contributed by atoms with Crippen LogP contribution in [0.4, 0.5) is 28.4 Å². The number of aromatic nitrogens is 1. The van der Waals surface area contributed by atoms with Gasteiger partial charge in [0.2, 0.25) is 0 Å². The number of anilines is 1. The highest BCUT2D eigenvalue weighted by atomic mass is 19.3. The van der Waals surface area contributed by atoms with Gasteiger partial charge in [-0.2, -0.15) is 14.0 Å². The summed E-state index contributed by atoms with van der Waals surface area (Å²) in [6, 6.07) is 9.90. The van der Waals surface area contributed by atoms with Crippen LogP contribution in [0.15, 0.2) is 36.5 Å². The molecule has 3 aliphatic rings. The molecule has 0 spiro atoms. The summed E-state index contributed by atoms with van der Waals surface area (Å²) in [6.07, 6.45) is -3.76. The van der Waals surface area contributed by atoms with E-state index in [-0.39, 0.29) is 36.2 Å². The maximum absolute atomic E-state index is 15.1. The van der Waals surface area contributed by atoms with E-state index in [4.69, 9.17) is 9.47 Å². The van der Waals surface area contributed by atoms with E-state index in [1.165, 1.54) is 18.3 Å². The van der Waals surface area contributed by atoms with Crippen molar-refractivity contribution < 1.29 is 37.0 Å². The van der Waals surface area contributed by atoms with Crippen LogP contribution in [0.25, 0.3) is 11.1 Å². The van der Waals surface area contributed by atoms with Gasteiger partial charge < -0.3 is 19.7 Å². The van der Waals surface area contributed by atoms with Gasteiger partial charge in [-0.15, -0.1) is 0 Å². The molecule has 2 saturated heterocycles. The van der Waals surface area contributed by atoms with Crippen molar-refractivity contribution in [2.75, 3.05) is 31.1 Å². The molecule has 1 saturated carbocycles. The summed E-state index contributed by atoms with van der Waals surface area (Å²) in [5.74, 6) is -2.24. The van der Waals surface area contributed by atoms with Crippen LogP contribution in [0.5, 0.6) is 0 Å².